The molecule has 2 aromatic carbocycles. The fourth-order valence-electron chi connectivity index (χ4n) is 5.01. The summed E-state index contributed by atoms with van der Waals surface area (Å²) in [6.45, 7) is 4.96. The van der Waals surface area contributed by atoms with Crippen LogP contribution in [-0.2, 0) is 42.9 Å². The molecule has 0 radical (unpaired) electrons. The molecular formula is C31H30O14. The maximum Gasteiger partial charge on any atom is 0.303 e. The van der Waals surface area contributed by atoms with Crippen molar-refractivity contribution in [3.63, 3.8) is 0 Å². The van der Waals surface area contributed by atoms with Gasteiger partial charge in [-0.05, 0) is 29.8 Å². The van der Waals surface area contributed by atoms with Crippen LogP contribution in [0.3, 0.4) is 0 Å². The van der Waals surface area contributed by atoms with Crippen LogP contribution in [0.2, 0.25) is 0 Å². The highest BCUT2D eigenvalue weighted by Crippen LogP contribution is 2.35. The molecule has 238 valence electrons. The van der Waals surface area contributed by atoms with E-state index in [1.165, 1.54) is 31.4 Å². The van der Waals surface area contributed by atoms with Crippen molar-refractivity contribution in [3.05, 3.63) is 52.9 Å². The second-order valence-corrected chi connectivity index (χ2v) is 10.2. The lowest BCUT2D eigenvalue weighted by atomic mass is 9.98. The van der Waals surface area contributed by atoms with E-state index in [0.717, 1.165) is 20.8 Å². The molecule has 14 heteroatoms. The lowest BCUT2D eigenvalue weighted by molar-refractivity contribution is -0.288. The smallest absolute Gasteiger partial charge is 0.303 e. The maximum atomic E-state index is 13.4. The Morgan fingerprint density at radius 1 is 0.778 bits per heavy atom. The van der Waals surface area contributed by atoms with Gasteiger partial charge in [0, 0.05) is 33.8 Å². The van der Waals surface area contributed by atoms with E-state index in [2.05, 4.69) is 0 Å². The summed E-state index contributed by atoms with van der Waals surface area (Å²) in [7, 11) is 0. The van der Waals surface area contributed by atoms with Crippen molar-refractivity contribution in [2.24, 2.45) is 0 Å². The molecule has 0 bridgehead atoms. The van der Waals surface area contributed by atoms with Crippen LogP contribution in [0.1, 0.15) is 27.7 Å². The van der Waals surface area contributed by atoms with Crippen LogP contribution in [0.4, 0.5) is 0 Å². The number of carbonyl (C=O) groups is 4. The predicted molar refractivity (Wildman–Crippen MR) is 151 cm³/mol. The van der Waals surface area contributed by atoms with E-state index in [4.69, 9.17) is 42.3 Å². The van der Waals surface area contributed by atoms with Gasteiger partial charge in [0.15, 0.2) is 29.1 Å². The molecular weight excluding hydrogens is 596 g/mol. The quantitative estimate of drug-likeness (QED) is 0.264. The standard InChI is InChI=1S/C31H30O14/c1-15(32)39-14-26-28(41-16(2)33)29(42-17(3)34)30(43-18(4)35)31(45-26)44-20-6-7-21-24(12-20)40-13-22(27(21)36)19-5-8-23-25(11-19)38-10-9-37-23/h5-8,11-13,26,28-31H,9-10,14H2,1-4H3. The van der Waals surface area contributed by atoms with Gasteiger partial charge in [0.05, 0.1) is 10.9 Å². The Morgan fingerprint density at radius 2 is 1.44 bits per heavy atom. The SMILES string of the molecule is CC(=O)OCC1OC(Oc2ccc3c(=O)c(-c4ccc5c(c4)OCCO5)coc3c2)C(OC(C)=O)C(OC(C)=O)C1OC(C)=O. The maximum absolute atomic E-state index is 13.4. The Hall–Kier alpha value is -5.11. The molecule has 0 amide bonds. The Bertz CT molecular complexity index is 1680. The van der Waals surface area contributed by atoms with Gasteiger partial charge >= 0.3 is 23.9 Å². The Balaban J connectivity index is 1.47. The fourth-order valence-corrected chi connectivity index (χ4v) is 5.01. The topological polar surface area (TPSA) is 172 Å². The molecule has 3 aromatic rings. The molecule has 14 nitrogen and oxygen atoms in total. The monoisotopic (exact) mass is 626 g/mol. The average molecular weight is 627 g/mol. The van der Waals surface area contributed by atoms with Gasteiger partial charge in [-0.3, -0.25) is 24.0 Å². The lowest BCUT2D eigenvalue weighted by Gasteiger charge is -2.43. The van der Waals surface area contributed by atoms with Gasteiger partial charge in [-0.1, -0.05) is 6.07 Å². The van der Waals surface area contributed by atoms with Gasteiger partial charge in [-0.15, -0.1) is 0 Å². The summed E-state index contributed by atoms with van der Waals surface area (Å²) in [6, 6.07) is 9.54. The molecule has 0 N–H and O–H groups in total. The summed E-state index contributed by atoms with van der Waals surface area (Å²) >= 11 is 0. The highest BCUT2D eigenvalue weighted by atomic mass is 16.7. The minimum atomic E-state index is -1.45. The van der Waals surface area contributed by atoms with Crippen molar-refractivity contribution in [1.29, 1.82) is 0 Å². The van der Waals surface area contributed by atoms with Crippen LogP contribution < -0.4 is 19.6 Å². The minimum absolute atomic E-state index is 0.124. The largest absolute Gasteiger partial charge is 0.486 e. The first-order valence-corrected chi connectivity index (χ1v) is 13.9. The summed E-state index contributed by atoms with van der Waals surface area (Å²) < 4.78 is 50.3. The molecule has 3 heterocycles. The van der Waals surface area contributed by atoms with E-state index in [1.54, 1.807) is 18.2 Å². The van der Waals surface area contributed by atoms with Gasteiger partial charge in [0.25, 0.3) is 0 Å². The van der Waals surface area contributed by atoms with Gasteiger partial charge in [-0.2, -0.15) is 0 Å². The first kappa shape index (κ1) is 31.3. The van der Waals surface area contributed by atoms with Crippen LogP contribution in [0, 0.1) is 0 Å². The van der Waals surface area contributed by atoms with Crippen molar-refractivity contribution in [3.8, 4) is 28.4 Å². The van der Waals surface area contributed by atoms with Crippen molar-refractivity contribution < 1.29 is 61.5 Å². The lowest BCUT2D eigenvalue weighted by Crippen LogP contribution is -2.63. The van der Waals surface area contributed by atoms with Gasteiger partial charge in [-0.25, -0.2) is 0 Å². The van der Waals surface area contributed by atoms with Crippen molar-refractivity contribution in [2.75, 3.05) is 19.8 Å². The number of benzene rings is 2. The van der Waals surface area contributed by atoms with E-state index in [0.29, 0.717) is 35.8 Å². The normalized spacial score (nSPS) is 22.2. The Labute approximate surface area is 256 Å². The van der Waals surface area contributed by atoms with Crippen LogP contribution in [-0.4, -0.2) is 74.4 Å². The van der Waals surface area contributed by atoms with Crippen LogP contribution in [0.15, 0.2) is 51.9 Å². The predicted octanol–water partition coefficient (Wildman–Crippen LogP) is 2.69. The third-order valence-electron chi connectivity index (χ3n) is 6.80. The zero-order chi connectivity index (χ0) is 32.2. The molecule has 0 aliphatic carbocycles. The number of hydrogen-bond donors (Lipinski definition) is 0. The molecule has 45 heavy (non-hydrogen) atoms. The Morgan fingerprint density at radius 3 is 2.13 bits per heavy atom. The number of ether oxygens (including phenoxy) is 8. The molecule has 5 rings (SSSR count). The van der Waals surface area contributed by atoms with Crippen LogP contribution in [0.25, 0.3) is 22.1 Å². The third kappa shape index (κ3) is 7.17. The molecule has 0 spiro atoms. The number of fused-ring (bicyclic) bond motifs is 2. The first-order chi connectivity index (χ1) is 21.5. The summed E-state index contributed by atoms with van der Waals surface area (Å²) in [5, 5.41) is 0.247. The van der Waals surface area contributed by atoms with Crippen molar-refractivity contribution in [2.45, 2.75) is 58.4 Å². The van der Waals surface area contributed by atoms with Crippen molar-refractivity contribution in [1.82, 2.24) is 0 Å². The number of esters is 4. The summed E-state index contributed by atoms with van der Waals surface area (Å²) in [5.74, 6) is -1.73. The number of hydrogen-bond acceptors (Lipinski definition) is 14. The van der Waals surface area contributed by atoms with Gasteiger partial charge < -0.3 is 42.3 Å². The summed E-state index contributed by atoms with van der Waals surface area (Å²) in [6.07, 6.45) is -5.49. The average Bonchev–Trinajstić information content (AvgIpc) is 2.98. The van der Waals surface area contributed by atoms with E-state index in [9.17, 15) is 24.0 Å². The first-order valence-electron chi connectivity index (χ1n) is 13.9. The van der Waals surface area contributed by atoms with Gasteiger partial charge in [0.1, 0.15) is 43.5 Å². The second kappa shape index (κ2) is 13.3. The molecule has 5 atom stereocenters. The molecule has 1 aromatic heterocycles. The fraction of sp³-hybridized carbons (Fsp3) is 0.387. The Kier molecular flexibility index (Phi) is 9.23. The molecule has 2 aliphatic heterocycles. The molecule has 0 saturated carbocycles. The molecule has 5 unspecified atom stereocenters. The van der Waals surface area contributed by atoms with Crippen LogP contribution in [0.5, 0.6) is 17.2 Å². The van der Waals surface area contributed by atoms with E-state index in [-0.39, 0.29) is 22.1 Å². The number of rotatable bonds is 8. The zero-order valence-electron chi connectivity index (χ0n) is 24.8. The van der Waals surface area contributed by atoms with E-state index >= 15 is 0 Å². The summed E-state index contributed by atoms with van der Waals surface area (Å²) in [4.78, 5) is 61.1. The second-order valence-electron chi connectivity index (χ2n) is 10.2. The number of carbonyl (C=O) groups excluding carboxylic acids is 4. The van der Waals surface area contributed by atoms with E-state index in [1.807, 2.05) is 0 Å². The highest BCUT2D eigenvalue weighted by molar-refractivity contribution is 5.83. The molecule has 1 fully saturated rings. The zero-order valence-corrected chi connectivity index (χ0v) is 24.8. The van der Waals surface area contributed by atoms with Crippen molar-refractivity contribution >= 4 is 34.8 Å². The molecule has 2 aliphatic rings. The highest BCUT2D eigenvalue weighted by Gasteiger charge is 2.53. The van der Waals surface area contributed by atoms with Gasteiger partial charge in [0.2, 0.25) is 12.4 Å². The van der Waals surface area contributed by atoms with Crippen LogP contribution >= 0.6 is 0 Å². The van der Waals surface area contributed by atoms with E-state index < -0.39 is 61.2 Å². The summed E-state index contributed by atoms with van der Waals surface area (Å²) in [5.41, 5.74) is 0.733. The third-order valence-corrected chi connectivity index (χ3v) is 6.80. The molecule has 1 saturated heterocycles. The minimum Gasteiger partial charge on any atom is -0.486 e.